The first-order valence-corrected chi connectivity index (χ1v) is 5.31. The summed E-state index contributed by atoms with van der Waals surface area (Å²) < 4.78 is 0. The van der Waals surface area contributed by atoms with Gasteiger partial charge < -0.3 is 10.8 Å². The van der Waals surface area contributed by atoms with Crippen molar-refractivity contribution in [3.05, 3.63) is 28.8 Å². The second kappa shape index (κ2) is 5.04. The monoisotopic (exact) mass is 245 g/mol. The molecule has 0 radical (unpaired) electrons. The minimum atomic E-state index is -1.10. The highest BCUT2D eigenvalue weighted by atomic mass is 35.5. The number of amides is 1. The summed E-state index contributed by atoms with van der Waals surface area (Å²) in [5.41, 5.74) is 4.99. The average molecular weight is 246 g/mol. The Balaban J connectivity index is 2.87. The number of hydrogen-bond donors (Lipinski definition) is 2. The molecule has 80 valence electrons. The van der Waals surface area contributed by atoms with E-state index in [9.17, 15) is 9.59 Å². The van der Waals surface area contributed by atoms with Gasteiger partial charge in [-0.3, -0.25) is 4.79 Å². The van der Waals surface area contributed by atoms with Crippen LogP contribution in [0.1, 0.15) is 10.4 Å². The molecule has 0 aliphatic rings. The molecule has 4 nitrogen and oxygen atoms in total. The van der Waals surface area contributed by atoms with Gasteiger partial charge in [-0.25, -0.2) is 4.79 Å². The lowest BCUT2D eigenvalue weighted by atomic mass is 10.2. The van der Waals surface area contributed by atoms with Crippen LogP contribution in [0.4, 0.5) is 0 Å². The molecule has 0 spiro atoms. The Morgan fingerprint density at radius 3 is 2.67 bits per heavy atom. The summed E-state index contributed by atoms with van der Waals surface area (Å²) in [6, 6.07) is 4.54. The van der Waals surface area contributed by atoms with Gasteiger partial charge in [-0.1, -0.05) is 11.6 Å². The van der Waals surface area contributed by atoms with Gasteiger partial charge in [0.25, 0.3) is 0 Å². The van der Waals surface area contributed by atoms with Crippen LogP contribution in [0.25, 0.3) is 0 Å². The number of thioether (sulfide) groups is 1. The molecule has 0 saturated heterocycles. The topological polar surface area (TPSA) is 80.4 Å². The van der Waals surface area contributed by atoms with Crippen molar-refractivity contribution >= 4 is 35.2 Å². The molecule has 1 aromatic rings. The maximum absolute atomic E-state index is 10.7. The number of carboxylic acid groups (broad SMARTS) is 1. The second-order valence-electron chi connectivity index (χ2n) is 2.70. The van der Waals surface area contributed by atoms with Crippen LogP contribution in [0.5, 0.6) is 0 Å². The number of halogens is 1. The maximum atomic E-state index is 10.7. The predicted molar refractivity (Wildman–Crippen MR) is 58.3 cm³/mol. The molecule has 0 bridgehead atoms. The molecule has 0 aromatic heterocycles. The highest BCUT2D eigenvalue weighted by molar-refractivity contribution is 8.00. The van der Waals surface area contributed by atoms with Crippen molar-refractivity contribution in [3.8, 4) is 0 Å². The fraction of sp³-hybridized carbons (Fsp3) is 0.111. The van der Waals surface area contributed by atoms with Crippen molar-refractivity contribution < 1.29 is 14.7 Å². The van der Waals surface area contributed by atoms with Crippen molar-refractivity contribution in [2.75, 3.05) is 5.75 Å². The Labute approximate surface area is 95.4 Å². The number of hydrogen-bond acceptors (Lipinski definition) is 3. The second-order valence-corrected chi connectivity index (χ2v) is 4.16. The molecule has 1 rings (SSSR count). The van der Waals surface area contributed by atoms with Crippen LogP contribution in [-0.4, -0.2) is 22.7 Å². The zero-order valence-electron chi connectivity index (χ0n) is 7.57. The summed E-state index contributed by atoms with van der Waals surface area (Å²) in [7, 11) is 0. The molecule has 0 aliphatic heterocycles. The summed E-state index contributed by atoms with van der Waals surface area (Å²) in [5.74, 6) is -1.44. The van der Waals surface area contributed by atoms with E-state index >= 15 is 0 Å². The average Bonchev–Trinajstić information content (AvgIpc) is 2.16. The van der Waals surface area contributed by atoms with E-state index in [-0.39, 0.29) is 16.3 Å². The van der Waals surface area contributed by atoms with Crippen LogP contribution in [0.3, 0.4) is 0 Å². The van der Waals surface area contributed by atoms with Crippen LogP contribution >= 0.6 is 23.4 Å². The number of carbonyl (C=O) groups is 2. The molecular formula is C9H8ClNO3S. The first kappa shape index (κ1) is 11.9. The van der Waals surface area contributed by atoms with Crippen molar-refractivity contribution in [2.45, 2.75) is 4.90 Å². The summed E-state index contributed by atoms with van der Waals surface area (Å²) in [6.07, 6.45) is 0. The normalized spacial score (nSPS) is 9.93. The molecule has 1 amide bonds. The minimum absolute atomic E-state index is 0.0196. The van der Waals surface area contributed by atoms with Crippen molar-refractivity contribution in [1.82, 2.24) is 0 Å². The molecule has 1 aromatic carbocycles. The molecule has 0 unspecified atom stereocenters. The zero-order valence-corrected chi connectivity index (χ0v) is 9.14. The lowest BCUT2D eigenvalue weighted by Crippen LogP contribution is -2.13. The van der Waals surface area contributed by atoms with Gasteiger partial charge in [0.2, 0.25) is 5.91 Å². The molecular weight excluding hydrogens is 238 g/mol. The molecule has 3 N–H and O–H groups in total. The molecule has 0 saturated carbocycles. The summed E-state index contributed by atoms with van der Waals surface area (Å²) in [5, 5.41) is 8.95. The quantitative estimate of drug-likeness (QED) is 0.790. The van der Waals surface area contributed by atoms with Crippen LogP contribution < -0.4 is 5.73 Å². The third kappa shape index (κ3) is 3.45. The van der Waals surface area contributed by atoms with Crippen molar-refractivity contribution in [2.24, 2.45) is 5.73 Å². The van der Waals surface area contributed by atoms with Crippen LogP contribution in [0.2, 0.25) is 5.02 Å². The number of aromatic carboxylic acids is 1. The SMILES string of the molecule is NC(=O)CSc1ccc(Cl)c(C(=O)O)c1. The standard InChI is InChI=1S/C9H8ClNO3S/c10-7-2-1-5(15-4-8(11)12)3-6(7)9(13)14/h1-3H,4H2,(H2,11,12)(H,13,14). The largest absolute Gasteiger partial charge is 0.478 e. The van der Waals surface area contributed by atoms with Crippen molar-refractivity contribution in [3.63, 3.8) is 0 Å². The Hall–Kier alpha value is -1.20. The third-order valence-corrected chi connectivity index (χ3v) is 2.90. The van der Waals surface area contributed by atoms with Crippen LogP contribution in [0, 0.1) is 0 Å². The van der Waals surface area contributed by atoms with E-state index in [1.165, 1.54) is 23.9 Å². The fourth-order valence-electron chi connectivity index (χ4n) is 0.913. The van der Waals surface area contributed by atoms with E-state index in [0.717, 1.165) is 0 Å². The van der Waals surface area contributed by atoms with Gasteiger partial charge in [0, 0.05) is 4.90 Å². The highest BCUT2D eigenvalue weighted by Gasteiger charge is 2.09. The number of carbonyl (C=O) groups excluding carboxylic acids is 1. The van der Waals surface area contributed by atoms with Crippen LogP contribution in [-0.2, 0) is 4.79 Å². The maximum Gasteiger partial charge on any atom is 0.337 e. The van der Waals surface area contributed by atoms with Gasteiger partial charge in [0.05, 0.1) is 16.3 Å². The van der Waals surface area contributed by atoms with E-state index in [4.69, 9.17) is 22.4 Å². The Kier molecular flexibility index (Phi) is 3.99. The number of benzene rings is 1. The molecule has 6 heteroatoms. The number of primary amides is 1. The lowest BCUT2D eigenvalue weighted by Gasteiger charge is -2.02. The van der Waals surface area contributed by atoms with E-state index in [0.29, 0.717) is 4.90 Å². The number of nitrogens with two attached hydrogens (primary N) is 1. The summed E-state index contributed by atoms with van der Waals surface area (Å²) >= 11 is 6.84. The predicted octanol–water partition coefficient (Wildman–Crippen LogP) is 1.62. The minimum Gasteiger partial charge on any atom is -0.478 e. The first-order valence-electron chi connectivity index (χ1n) is 3.94. The van der Waals surface area contributed by atoms with E-state index < -0.39 is 11.9 Å². The smallest absolute Gasteiger partial charge is 0.337 e. The van der Waals surface area contributed by atoms with E-state index in [1.807, 2.05) is 0 Å². The first-order chi connectivity index (χ1) is 7.00. The number of rotatable bonds is 4. The molecule has 0 fully saturated rings. The van der Waals surface area contributed by atoms with Gasteiger partial charge in [-0.2, -0.15) is 0 Å². The summed E-state index contributed by atoms with van der Waals surface area (Å²) in [4.78, 5) is 21.9. The summed E-state index contributed by atoms with van der Waals surface area (Å²) in [6.45, 7) is 0. The van der Waals surface area contributed by atoms with Crippen molar-refractivity contribution in [1.29, 1.82) is 0 Å². The van der Waals surface area contributed by atoms with Gasteiger partial charge in [-0.15, -0.1) is 11.8 Å². The Bertz CT molecular complexity index is 408. The Morgan fingerprint density at radius 1 is 1.47 bits per heavy atom. The molecule has 0 heterocycles. The van der Waals surface area contributed by atoms with E-state index in [1.54, 1.807) is 6.07 Å². The van der Waals surface area contributed by atoms with Gasteiger partial charge in [0.1, 0.15) is 0 Å². The third-order valence-electron chi connectivity index (χ3n) is 1.55. The van der Waals surface area contributed by atoms with Gasteiger partial charge in [-0.05, 0) is 18.2 Å². The zero-order chi connectivity index (χ0) is 11.4. The molecule has 0 aliphatic carbocycles. The number of carboxylic acids is 1. The van der Waals surface area contributed by atoms with Crippen LogP contribution in [0.15, 0.2) is 23.1 Å². The fourth-order valence-corrected chi connectivity index (χ4v) is 1.79. The molecule has 0 atom stereocenters. The van der Waals surface area contributed by atoms with Gasteiger partial charge in [0.15, 0.2) is 0 Å². The van der Waals surface area contributed by atoms with Gasteiger partial charge >= 0.3 is 5.97 Å². The Morgan fingerprint density at radius 2 is 2.13 bits per heavy atom. The molecule has 15 heavy (non-hydrogen) atoms. The van der Waals surface area contributed by atoms with E-state index in [2.05, 4.69) is 0 Å². The lowest BCUT2D eigenvalue weighted by molar-refractivity contribution is -0.115. The highest BCUT2D eigenvalue weighted by Crippen LogP contribution is 2.24.